The highest BCUT2D eigenvalue weighted by atomic mass is 32.1. The minimum atomic E-state index is 0.0618. The number of piperazine rings is 1. The van der Waals surface area contributed by atoms with Crippen LogP contribution in [-0.4, -0.2) is 51.9 Å². The monoisotopic (exact) mass is 421 g/mol. The zero-order chi connectivity index (χ0) is 20.7. The third kappa shape index (κ3) is 3.45. The third-order valence-electron chi connectivity index (χ3n) is 6.27. The van der Waals surface area contributed by atoms with Crippen LogP contribution in [0.1, 0.15) is 46.9 Å². The van der Waals surface area contributed by atoms with Gasteiger partial charge in [-0.2, -0.15) is 0 Å². The number of amides is 1. The van der Waals surface area contributed by atoms with Gasteiger partial charge in [-0.15, -0.1) is 11.3 Å². The largest absolute Gasteiger partial charge is 0.352 e. The number of nitrogens with zero attached hydrogens (tertiary/aromatic N) is 5. The molecule has 30 heavy (non-hydrogen) atoms. The Balaban J connectivity index is 1.43. The Hall–Kier alpha value is -2.54. The first-order valence-corrected chi connectivity index (χ1v) is 11.7. The van der Waals surface area contributed by atoms with E-state index in [-0.39, 0.29) is 5.91 Å². The lowest BCUT2D eigenvalue weighted by atomic mass is 9.89. The van der Waals surface area contributed by atoms with Crippen molar-refractivity contribution in [2.45, 2.75) is 39.5 Å². The average Bonchev–Trinajstić information content (AvgIpc) is 3.16. The molecule has 0 aromatic carbocycles. The predicted octanol–water partition coefficient (Wildman–Crippen LogP) is 3.74. The van der Waals surface area contributed by atoms with Gasteiger partial charge < -0.3 is 9.80 Å². The van der Waals surface area contributed by atoms with Crippen LogP contribution in [0.15, 0.2) is 24.5 Å². The molecule has 7 heteroatoms. The van der Waals surface area contributed by atoms with Gasteiger partial charge in [-0.25, -0.2) is 9.97 Å². The van der Waals surface area contributed by atoms with Gasteiger partial charge in [-0.05, 0) is 42.9 Å². The zero-order valence-corrected chi connectivity index (χ0v) is 18.4. The normalized spacial score (nSPS) is 19.2. The van der Waals surface area contributed by atoms with E-state index >= 15 is 0 Å². The maximum absolute atomic E-state index is 12.8. The zero-order valence-electron chi connectivity index (χ0n) is 17.6. The van der Waals surface area contributed by atoms with E-state index in [1.807, 2.05) is 28.4 Å². The first-order valence-electron chi connectivity index (χ1n) is 10.9. The number of rotatable bonds is 3. The van der Waals surface area contributed by atoms with Crippen LogP contribution in [0.3, 0.4) is 0 Å². The van der Waals surface area contributed by atoms with Crippen molar-refractivity contribution in [3.63, 3.8) is 0 Å². The number of aryl methyl sites for hydroxylation is 2. The summed E-state index contributed by atoms with van der Waals surface area (Å²) < 4.78 is 0. The number of pyridine rings is 1. The SMILES string of the molecule is CCc1nc(N2CCN(C(=O)c3cccnc3)CC2)c2c3c(sc2n1)CC(C)CC3. The van der Waals surface area contributed by atoms with Crippen molar-refractivity contribution < 1.29 is 4.79 Å². The molecular formula is C23H27N5OS. The molecule has 6 nitrogen and oxygen atoms in total. The molecule has 0 N–H and O–H groups in total. The molecule has 5 rings (SSSR count). The molecular weight excluding hydrogens is 394 g/mol. The fourth-order valence-corrected chi connectivity index (χ4v) is 5.94. The van der Waals surface area contributed by atoms with Crippen LogP contribution in [0, 0.1) is 5.92 Å². The van der Waals surface area contributed by atoms with Crippen LogP contribution < -0.4 is 4.90 Å². The second-order valence-electron chi connectivity index (χ2n) is 8.37. The maximum Gasteiger partial charge on any atom is 0.255 e. The first kappa shape index (κ1) is 19.4. The number of thiophene rings is 1. The molecule has 0 bridgehead atoms. The lowest BCUT2D eigenvalue weighted by Crippen LogP contribution is -2.49. The molecule has 1 amide bonds. The number of carbonyl (C=O) groups excluding carboxylic acids is 1. The molecule has 4 heterocycles. The van der Waals surface area contributed by atoms with Crippen molar-refractivity contribution in [2.75, 3.05) is 31.1 Å². The van der Waals surface area contributed by atoms with Crippen LogP contribution in [-0.2, 0) is 19.3 Å². The summed E-state index contributed by atoms with van der Waals surface area (Å²) in [7, 11) is 0. The molecule has 1 unspecified atom stereocenters. The van der Waals surface area contributed by atoms with Crippen LogP contribution >= 0.6 is 11.3 Å². The standard InChI is InChI=1S/C23H27N5OS/c1-3-19-25-21(20-17-7-6-15(2)13-18(17)30-22(20)26-19)27-9-11-28(12-10-27)23(29)16-5-4-8-24-14-16/h4-5,8,14-15H,3,6-7,9-13H2,1-2H3. The molecule has 0 saturated carbocycles. The molecule has 3 aromatic heterocycles. The van der Waals surface area contributed by atoms with Gasteiger partial charge in [0.15, 0.2) is 0 Å². The molecule has 1 aliphatic heterocycles. The number of aromatic nitrogens is 3. The van der Waals surface area contributed by atoms with E-state index in [0.717, 1.165) is 54.7 Å². The van der Waals surface area contributed by atoms with Gasteiger partial charge >= 0.3 is 0 Å². The molecule has 156 valence electrons. The van der Waals surface area contributed by atoms with Gasteiger partial charge in [0.2, 0.25) is 0 Å². The minimum Gasteiger partial charge on any atom is -0.352 e. The highest BCUT2D eigenvalue weighted by molar-refractivity contribution is 7.19. The van der Waals surface area contributed by atoms with Crippen LogP contribution in [0.4, 0.5) is 5.82 Å². The third-order valence-corrected chi connectivity index (χ3v) is 7.42. The van der Waals surface area contributed by atoms with Crippen molar-refractivity contribution in [1.29, 1.82) is 0 Å². The highest BCUT2D eigenvalue weighted by Crippen LogP contribution is 2.41. The summed E-state index contributed by atoms with van der Waals surface area (Å²) in [5.41, 5.74) is 2.13. The quantitative estimate of drug-likeness (QED) is 0.645. The average molecular weight is 422 g/mol. The summed E-state index contributed by atoms with van der Waals surface area (Å²) in [6, 6.07) is 3.65. The summed E-state index contributed by atoms with van der Waals surface area (Å²) in [4.78, 5) is 33.6. The number of carbonyl (C=O) groups is 1. The van der Waals surface area contributed by atoms with E-state index < -0.39 is 0 Å². The second kappa shape index (κ2) is 7.95. The number of fused-ring (bicyclic) bond motifs is 3. The Morgan fingerprint density at radius 3 is 2.80 bits per heavy atom. The fourth-order valence-electron chi connectivity index (χ4n) is 4.55. The molecule has 3 aromatic rings. The number of hydrogen-bond donors (Lipinski definition) is 0. The van der Waals surface area contributed by atoms with E-state index in [9.17, 15) is 4.79 Å². The van der Waals surface area contributed by atoms with Gasteiger partial charge in [0.25, 0.3) is 5.91 Å². The molecule has 1 fully saturated rings. The summed E-state index contributed by atoms with van der Waals surface area (Å²) in [5, 5.41) is 1.27. The Bertz CT molecular complexity index is 1070. The lowest BCUT2D eigenvalue weighted by Gasteiger charge is -2.36. The highest BCUT2D eigenvalue weighted by Gasteiger charge is 2.28. The van der Waals surface area contributed by atoms with Crippen molar-refractivity contribution in [1.82, 2.24) is 19.9 Å². The molecule has 1 atom stereocenters. The van der Waals surface area contributed by atoms with Crippen LogP contribution in [0.5, 0.6) is 0 Å². The van der Waals surface area contributed by atoms with Crippen molar-refractivity contribution >= 4 is 33.3 Å². The van der Waals surface area contributed by atoms with Gasteiger partial charge in [0.05, 0.1) is 10.9 Å². The Labute approximate surface area is 181 Å². The topological polar surface area (TPSA) is 62.2 Å². The Morgan fingerprint density at radius 2 is 2.07 bits per heavy atom. The van der Waals surface area contributed by atoms with Crippen molar-refractivity contribution in [3.8, 4) is 0 Å². The molecule has 1 saturated heterocycles. The van der Waals surface area contributed by atoms with Crippen LogP contribution in [0.2, 0.25) is 0 Å². The minimum absolute atomic E-state index is 0.0618. The smallest absolute Gasteiger partial charge is 0.255 e. The summed E-state index contributed by atoms with van der Waals surface area (Å²) >= 11 is 1.86. The number of anilines is 1. The number of hydrogen-bond acceptors (Lipinski definition) is 6. The molecule has 0 spiro atoms. The summed E-state index contributed by atoms with van der Waals surface area (Å²) in [6.45, 7) is 7.44. The first-order chi connectivity index (χ1) is 14.6. The second-order valence-corrected chi connectivity index (χ2v) is 9.45. The predicted molar refractivity (Wildman–Crippen MR) is 120 cm³/mol. The maximum atomic E-state index is 12.8. The van der Waals surface area contributed by atoms with Crippen molar-refractivity contribution in [2.24, 2.45) is 5.92 Å². The van der Waals surface area contributed by atoms with E-state index in [2.05, 4.69) is 23.7 Å². The fraction of sp³-hybridized carbons (Fsp3) is 0.478. The van der Waals surface area contributed by atoms with E-state index in [1.165, 1.54) is 22.2 Å². The molecule has 0 radical (unpaired) electrons. The van der Waals surface area contributed by atoms with Gasteiger partial charge in [0.1, 0.15) is 16.5 Å². The van der Waals surface area contributed by atoms with E-state index in [0.29, 0.717) is 18.7 Å². The van der Waals surface area contributed by atoms with Gasteiger partial charge in [-0.1, -0.05) is 13.8 Å². The van der Waals surface area contributed by atoms with E-state index in [1.54, 1.807) is 12.4 Å². The lowest BCUT2D eigenvalue weighted by molar-refractivity contribution is 0.0746. The molecule has 2 aliphatic rings. The van der Waals surface area contributed by atoms with Gasteiger partial charge in [-0.3, -0.25) is 9.78 Å². The Kier molecular flexibility index (Phi) is 5.15. The van der Waals surface area contributed by atoms with Crippen molar-refractivity contribution in [3.05, 3.63) is 46.4 Å². The summed E-state index contributed by atoms with van der Waals surface area (Å²) in [5.74, 6) is 2.80. The van der Waals surface area contributed by atoms with Crippen LogP contribution in [0.25, 0.3) is 10.2 Å². The summed E-state index contributed by atoms with van der Waals surface area (Å²) in [6.07, 6.45) is 7.70. The molecule has 1 aliphatic carbocycles. The van der Waals surface area contributed by atoms with E-state index in [4.69, 9.17) is 9.97 Å². The van der Waals surface area contributed by atoms with Gasteiger partial charge in [0, 0.05) is 49.9 Å². The Morgan fingerprint density at radius 1 is 1.23 bits per heavy atom.